The fraction of sp³-hybridized carbons (Fsp3) is 0.333. The number of nitrogens with one attached hydrogen (secondary N) is 1. The molecule has 0 heterocycles. The van der Waals surface area contributed by atoms with Crippen molar-refractivity contribution in [1.29, 1.82) is 0 Å². The molecule has 0 aromatic heterocycles. The molecule has 1 rings (SSSR count). The SMILES string of the molecule is CC(C)(O)[C@@H](NC(=O)c1ccccc1)C(=O)O. The van der Waals surface area contributed by atoms with Crippen molar-refractivity contribution in [1.82, 2.24) is 5.32 Å². The third-order valence-corrected chi connectivity index (χ3v) is 2.26. The minimum atomic E-state index is -1.53. The van der Waals surface area contributed by atoms with Crippen LogP contribution in [0.4, 0.5) is 0 Å². The van der Waals surface area contributed by atoms with Crippen LogP contribution in [0.15, 0.2) is 30.3 Å². The Morgan fingerprint density at radius 1 is 1.24 bits per heavy atom. The summed E-state index contributed by atoms with van der Waals surface area (Å²) in [4.78, 5) is 22.7. The quantitative estimate of drug-likeness (QED) is 0.717. The third kappa shape index (κ3) is 3.57. The van der Waals surface area contributed by atoms with Crippen LogP contribution in [0.3, 0.4) is 0 Å². The average Bonchev–Trinajstić information content (AvgIpc) is 2.24. The van der Waals surface area contributed by atoms with Gasteiger partial charge in [-0.25, -0.2) is 4.79 Å². The van der Waals surface area contributed by atoms with Gasteiger partial charge >= 0.3 is 5.97 Å². The Balaban J connectivity index is 2.83. The highest BCUT2D eigenvalue weighted by atomic mass is 16.4. The van der Waals surface area contributed by atoms with E-state index in [4.69, 9.17) is 5.11 Å². The van der Waals surface area contributed by atoms with Crippen LogP contribution in [0.25, 0.3) is 0 Å². The molecule has 5 heteroatoms. The molecule has 0 spiro atoms. The second-order valence-corrected chi connectivity index (χ2v) is 4.26. The van der Waals surface area contributed by atoms with Gasteiger partial charge in [-0.3, -0.25) is 4.79 Å². The molecule has 0 aliphatic rings. The van der Waals surface area contributed by atoms with Gasteiger partial charge in [0.25, 0.3) is 5.91 Å². The molecule has 0 aliphatic heterocycles. The molecular weight excluding hydrogens is 222 g/mol. The van der Waals surface area contributed by atoms with E-state index in [9.17, 15) is 14.7 Å². The van der Waals surface area contributed by atoms with Crippen LogP contribution >= 0.6 is 0 Å². The van der Waals surface area contributed by atoms with Gasteiger partial charge in [-0.15, -0.1) is 0 Å². The molecule has 1 aromatic carbocycles. The fourth-order valence-electron chi connectivity index (χ4n) is 1.34. The molecule has 1 atom stereocenters. The Morgan fingerprint density at radius 2 is 1.76 bits per heavy atom. The number of hydrogen-bond donors (Lipinski definition) is 3. The number of carbonyl (C=O) groups excluding carboxylic acids is 1. The van der Waals surface area contributed by atoms with Gasteiger partial charge in [0.05, 0.1) is 5.60 Å². The number of carbonyl (C=O) groups is 2. The molecule has 92 valence electrons. The van der Waals surface area contributed by atoms with Crippen molar-refractivity contribution in [3.63, 3.8) is 0 Å². The maximum atomic E-state index is 11.7. The number of amides is 1. The monoisotopic (exact) mass is 237 g/mol. The summed E-state index contributed by atoms with van der Waals surface area (Å²) in [5.74, 6) is -1.80. The second kappa shape index (κ2) is 4.97. The van der Waals surface area contributed by atoms with E-state index in [2.05, 4.69) is 5.32 Å². The standard InChI is InChI=1S/C12H15NO4/c1-12(2,17)9(11(15)16)13-10(14)8-6-4-3-5-7-8/h3-7,9,17H,1-2H3,(H,13,14)(H,15,16)/t9-/m0/s1. The van der Waals surface area contributed by atoms with E-state index in [1.165, 1.54) is 13.8 Å². The normalized spacial score (nSPS) is 12.9. The molecule has 0 radical (unpaired) electrons. The highest BCUT2D eigenvalue weighted by molar-refractivity contribution is 5.96. The molecule has 1 aromatic rings. The molecule has 3 N–H and O–H groups in total. The summed E-state index contributed by atoms with van der Waals surface area (Å²) in [6.07, 6.45) is 0. The zero-order valence-electron chi connectivity index (χ0n) is 9.68. The van der Waals surface area contributed by atoms with Gasteiger partial charge in [-0.1, -0.05) is 18.2 Å². The predicted molar refractivity (Wildman–Crippen MR) is 61.6 cm³/mol. The van der Waals surface area contributed by atoms with E-state index >= 15 is 0 Å². The Hall–Kier alpha value is -1.88. The van der Waals surface area contributed by atoms with Crippen LogP contribution in [-0.4, -0.2) is 33.7 Å². The highest BCUT2D eigenvalue weighted by Crippen LogP contribution is 2.10. The van der Waals surface area contributed by atoms with Crippen molar-refractivity contribution < 1.29 is 19.8 Å². The van der Waals surface area contributed by atoms with Gasteiger partial charge in [0.2, 0.25) is 0 Å². The maximum Gasteiger partial charge on any atom is 0.329 e. The summed E-state index contributed by atoms with van der Waals surface area (Å²) in [6.45, 7) is 2.66. The van der Waals surface area contributed by atoms with E-state index in [1.807, 2.05) is 0 Å². The number of carboxylic acid groups (broad SMARTS) is 1. The van der Waals surface area contributed by atoms with E-state index in [1.54, 1.807) is 30.3 Å². The number of hydrogen-bond acceptors (Lipinski definition) is 3. The number of rotatable bonds is 4. The predicted octanol–water partition coefficient (Wildman–Crippen LogP) is 0.640. The summed E-state index contributed by atoms with van der Waals surface area (Å²) in [6, 6.07) is 6.89. The molecule has 0 unspecified atom stereocenters. The van der Waals surface area contributed by atoms with Gasteiger partial charge < -0.3 is 15.5 Å². The largest absolute Gasteiger partial charge is 0.480 e. The molecule has 5 nitrogen and oxygen atoms in total. The van der Waals surface area contributed by atoms with Gasteiger partial charge in [-0.05, 0) is 26.0 Å². The third-order valence-electron chi connectivity index (χ3n) is 2.26. The van der Waals surface area contributed by atoms with Crippen molar-refractivity contribution in [2.45, 2.75) is 25.5 Å². The van der Waals surface area contributed by atoms with Crippen LogP contribution in [0, 0.1) is 0 Å². The molecule has 17 heavy (non-hydrogen) atoms. The Labute approximate surface area is 99.1 Å². The average molecular weight is 237 g/mol. The van der Waals surface area contributed by atoms with Crippen molar-refractivity contribution in [2.75, 3.05) is 0 Å². The van der Waals surface area contributed by atoms with Crippen LogP contribution in [-0.2, 0) is 4.79 Å². The number of carboxylic acids is 1. The first kappa shape index (κ1) is 13.2. The lowest BCUT2D eigenvalue weighted by Crippen LogP contribution is -2.54. The second-order valence-electron chi connectivity index (χ2n) is 4.26. The van der Waals surface area contributed by atoms with E-state index in [0.29, 0.717) is 5.56 Å². The molecule has 0 aliphatic carbocycles. The minimum absolute atomic E-state index is 0.350. The number of aliphatic carboxylic acids is 1. The first-order valence-electron chi connectivity index (χ1n) is 5.13. The van der Waals surface area contributed by atoms with E-state index < -0.39 is 23.5 Å². The van der Waals surface area contributed by atoms with Crippen LogP contribution < -0.4 is 5.32 Å². The fourth-order valence-corrected chi connectivity index (χ4v) is 1.34. The topological polar surface area (TPSA) is 86.6 Å². The summed E-state index contributed by atoms with van der Waals surface area (Å²) in [5, 5.41) is 20.9. The molecule has 0 saturated heterocycles. The van der Waals surface area contributed by atoms with Gasteiger partial charge in [0.15, 0.2) is 6.04 Å². The van der Waals surface area contributed by atoms with Crippen molar-refractivity contribution in [2.24, 2.45) is 0 Å². The minimum Gasteiger partial charge on any atom is -0.480 e. The molecule has 0 saturated carbocycles. The molecule has 0 fully saturated rings. The zero-order chi connectivity index (χ0) is 13.1. The van der Waals surface area contributed by atoms with Gasteiger partial charge in [0, 0.05) is 5.56 Å². The molecule has 0 bridgehead atoms. The number of aliphatic hydroxyl groups is 1. The lowest BCUT2D eigenvalue weighted by molar-refractivity contribution is -0.145. The van der Waals surface area contributed by atoms with E-state index in [0.717, 1.165) is 0 Å². The Bertz CT molecular complexity index is 408. The summed E-state index contributed by atoms with van der Waals surface area (Å²) in [7, 11) is 0. The van der Waals surface area contributed by atoms with Gasteiger partial charge in [0.1, 0.15) is 0 Å². The first-order valence-corrected chi connectivity index (χ1v) is 5.13. The van der Waals surface area contributed by atoms with Crippen molar-refractivity contribution in [3.8, 4) is 0 Å². The van der Waals surface area contributed by atoms with Gasteiger partial charge in [-0.2, -0.15) is 0 Å². The van der Waals surface area contributed by atoms with Crippen molar-refractivity contribution in [3.05, 3.63) is 35.9 Å². The van der Waals surface area contributed by atoms with Crippen molar-refractivity contribution >= 4 is 11.9 Å². The van der Waals surface area contributed by atoms with Crippen LogP contribution in [0.2, 0.25) is 0 Å². The lowest BCUT2D eigenvalue weighted by Gasteiger charge is -2.26. The van der Waals surface area contributed by atoms with Crippen LogP contribution in [0.5, 0.6) is 0 Å². The van der Waals surface area contributed by atoms with Crippen LogP contribution in [0.1, 0.15) is 24.2 Å². The lowest BCUT2D eigenvalue weighted by atomic mass is 9.98. The summed E-state index contributed by atoms with van der Waals surface area (Å²) in [5.41, 5.74) is -1.18. The number of benzene rings is 1. The maximum absolute atomic E-state index is 11.7. The zero-order valence-corrected chi connectivity index (χ0v) is 9.68. The molecular formula is C12H15NO4. The Morgan fingerprint density at radius 3 is 2.18 bits per heavy atom. The summed E-state index contributed by atoms with van der Waals surface area (Å²) < 4.78 is 0. The Kier molecular flexibility index (Phi) is 3.85. The highest BCUT2D eigenvalue weighted by Gasteiger charge is 2.34. The van der Waals surface area contributed by atoms with E-state index in [-0.39, 0.29) is 0 Å². The smallest absolute Gasteiger partial charge is 0.329 e. The first-order chi connectivity index (χ1) is 7.82. The summed E-state index contributed by atoms with van der Waals surface area (Å²) >= 11 is 0. The molecule has 1 amide bonds.